The lowest BCUT2D eigenvalue weighted by atomic mass is 9.76. The normalized spacial score (nSPS) is 36.5. The van der Waals surface area contributed by atoms with E-state index in [9.17, 15) is 9.59 Å². The number of ether oxygens (including phenoxy) is 4. The summed E-state index contributed by atoms with van der Waals surface area (Å²) in [5, 5.41) is 0. The van der Waals surface area contributed by atoms with Gasteiger partial charge >= 0.3 is 0 Å². The van der Waals surface area contributed by atoms with Crippen LogP contribution in [0.1, 0.15) is 0 Å². The van der Waals surface area contributed by atoms with Crippen molar-refractivity contribution in [3.8, 4) is 5.75 Å². The summed E-state index contributed by atoms with van der Waals surface area (Å²) in [5.41, 5.74) is -0.479. The molecule has 5 rings (SSSR count). The number of methoxy groups -OCH3 is 1. The van der Waals surface area contributed by atoms with Gasteiger partial charge in [-0.2, -0.15) is 0 Å². The summed E-state index contributed by atoms with van der Waals surface area (Å²) in [5.74, 6) is -1.01. The Kier molecular flexibility index (Phi) is 3.10. The first-order chi connectivity index (χ1) is 12.2. The van der Waals surface area contributed by atoms with Crippen LogP contribution in [-0.4, -0.2) is 50.1 Å². The number of carbonyl (C=O) groups excluding carboxylic acids is 2. The number of amides is 2. The summed E-state index contributed by atoms with van der Waals surface area (Å²) in [6.07, 6.45) is 2.60. The summed E-state index contributed by atoms with van der Waals surface area (Å²) in [6, 6.07) is 6.88. The molecule has 7 nitrogen and oxygen atoms in total. The molecule has 4 atom stereocenters. The molecule has 25 heavy (non-hydrogen) atoms. The van der Waals surface area contributed by atoms with Gasteiger partial charge in [-0.05, 0) is 30.3 Å². The molecule has 4 aliphatic heterocycles. The van der Waals surface area contributed by atoms with Gasteiger partial charge in [0.25, 0.3) is 0 Å². The minimum Gasteiger partial charge on any atom is -0.497 e. The van der Waals surface area contributed by atoms with Crippen LogP contribution in [0.3, 0.4) is 0 Å². The molecule has 2 amide bonds. The van der Waals surface area contributed by atoms with Crippen molar-refractivity contribution in [1.82, 2.24) is 0 Å². The standard InChI is InChI=1S/C18H17NO6/c1-22-11-4-2-10(3-5-11)19-15(20)13-12-6-7-18(25-12,14(13)16(19)21)17-23-8-9-24-17/h2-7,12-14,17H,8-9H2,1H3/t12-,13-,14-,18-/m1/s1. The lowest BCUT2D eigenvalue weighted by Gasteiger charge is -2.32. The summed E-state index contributed by atoms with van der Waals surface area (Å²) in [7, 11) is 1.57. The van der Waals surface area contributed by atoms with Gasteiger partial charge in [0.1, 0.15) is 5.75 Å². The molecule has 0 aromatic heterocycles. The number of fused-ring (bicyclic) bond motifs is 5. The number of benzene rings is 1. The van der Waals surface area contributed by atoms with Crippen molar-refractivity contribution in [3.63, 3.8) is 0 Å². The Bertz CT molecular complexity index is 768. The molecule has 3 saturated heterocycles. The molecule has 0 N–H and O–H groups in total. The molecule has 7 heteroatoms. The van der Waals surface area contributed by atoms with Gasteiger partial charge in [-0.3, -0.25) is 9.59 Å². The Labute approximate surface area is 144 Å². The van der Waals surface area contributed by atoms with Gasteiger partial charge < -0.3 is 18.9 Å². The van der Waals surface area contributed by atoms with Gasteiger partial charge in [0.2, 0.25) is 11.8 Å². The minimum atomic E-state index is -1.01. The second-order valence-electron chi connectivity index (χ2n) is 6.58. The van der Waals surface area contributed by atoms with E-state index < -0.39 is 29.8 Å². The highest BCUT2D eigenvalue weighted by atomic mass is 16.7. The molecule has 0 unspecified atom stereocenters. The average Bonchev–Trinajstić information content (AvgIpc) is 3.39. The quantitative estimate of drug-likeness (QED) is 0.599. The van der Waals surface area contributed by atoms with E-state index in [0.717, 1.165) is 0 Å². The maximum Gasteiger partial charge on any atom is 0.241 e. The molecule has 4 aliphatic rings. The van der Waals surface area contributed by atoms with Crippen LogP contribution in [0.25, 0.3) is 0 Å². The number of imide groups is 1. The van der Waals surface area contributed by atoms with Crippen LogP contribution in [0, 0.1) is 11.8 Å². The molecular weight excluding hydrogens is 326 g/mol. The largest absolute Gasteiger partial charge is 0.497 e. The Morgan fingerprint density at radius 3 is 2.52 bits per heavy atom. The van der Waals surface area contributed by atoms with Gasteiger partial charge in [0, 0.05) is 0 Å². The lowest BCUT2D eigenvalue weighted by Crippen LogP contribution is -2.49. The van der Waals surface area contributed by atoms with Crippen LogP contribution in [0.15, 0.2) is 36.4 Å². The second kappa shape index (κ2) is 5.14. The minimum absolute atomic E-state index is 0.241. The Balaban J connectivity index is 1.53. The van der Waals surface area contributed by atoms with Crippen LogP contribution < -0.4 is 9.64 Å². The molecule has 3 fully saturated rings. The van der Waals surface area contributed by atoms with Gasteiger partial charge in [0.15, 0.2) is 11.9 Å². The van der Waals surface area contributed by atoms with Crippen molar-refractivity contribution in [1.29, 1.82) is 0 Å². The van der Waals surface area contributed by atoms with E-state index in [0.29, 0.717) is 24.7 Å². The zero-order valence-corrected chi connectivity index (χ0v) is 13.6. The monoisotopic (exact) mass is 343 g/mol. The molecule has 0 saturated carbocycles. The SMILES string of the molecule is COc1ccc(N2C(=O)[C@@H]3[C@H]4C=C[C@@](C5OCCO5)(O4)[C@H]3C2=O)cc1. The van der Waals surface area contributed by atoms with Crippen LogP contribution in [0.5, 0.6) is 5.75 Å². The number of nitrogens with zero attached hydrogens (tertiary/aromatic N) is 1. The van der Waals surface area contributed by atoms with Crippen LogP contribution in [-0.2, 0) is 23.8 Å². The van der Waals surface area contributed by atoms with Crippen molar-refractivity contribution < 1.29 is 28.5 Å². The molecule has 2 bridgehead atoms. The first-order valence-electron chi connectivity index (χ1n) is 8.28. The van der Waals surface area contributed by atoms with Crippen molar-refractivity contribution in [2.45, 2.75) is 18.0 Å². The topological polar surface area (TPSA) is 74.3 Å². The van der Waals surface area contributed by atoms with E-state index in [2.05, 4.69) is 0 Å². The summed E-state index contributed by atoms with van der Waals surface area (Å²) in [4.78, 5) is 27.4. The van der Waals surface area contributed by atoms with Crippen LogP contribution >= 0.6 is 0 Å². The third-order valence-corrected chi connectivity index (χ3v) is 5.40. The smallest absolute Gasteiger partial charge is 0.241 e. The predicted octanol–water partition coefficient (Wildman–Crippen LogP) is 0.881. The van der Waals surface area contributed by atoms with E-state index in [1.165, 1.54) is 4.90 Å². The number of hydrogen-bond donors (Lipinski definition) is 0. The third-order valence-electron chi connectivity index (χ3n) is 5.40. The zero-order chi connectivity index (χ0) is 17.2. The zero-order valence-electron chi connectivity index (χ0n) is 13.6. The first kappa shape index (κ1) is 15.1. The maximum atomic E-state index is 13.2. The van der Waals surface area contributed by atoms with Crippen molar-refractivity contribution in [2.75, 3.05) is 25.2 Å². The summed E-state index contributed by atoms with van der Waals surface area (Å²) >= 11 is 0. The average molecular weight is 343 g/mol. The molecule has 130 valence electrons. The maximum absolute atomic E-state index is 13.2. The third kappa shape index (κ3) is 1.85. The van der Waals surface area contributed by atoms with E-state index in [4.69, 9.17) is 18.9 Å². The van der Waals surface area contributed by atoms with Crippen molar-refractivity contribution >= 4 is 17.5 Å². The molecule has 1 aromatic rings. The van der Waals surface area contributed by atoms with Gasteiger partial charge in [-0.1, -0.05) is 6.08 Å². The van der Waals surface area contributed by atoms with Gasteiger partial charge in [-0.15, -0.1) is 0 Å². The van der Waals surface area contributed by atoms with Gasteiger partial charge in [0.05, 0.1) is 44.0 Å². The Morgan fingerprint density at radius 2 is 1.84 bits per heavy atom. The fraction of sp³-hybridized carbons (Fsp3) is 0.444. The molecule has 0 aliphatic carbocycles. The summed E-state index contributed by atoms with van der Waals surface area (Å²) < 4.78 is 22.4. The highest BCUT2D eigenvalue weighted by molar-refractivity contribution is 6.23. The van der Waals surface area contributed by atoms with E-state index in [1.807, 2.05) is 12.2 Å². The van der Waals surface area contributed by atoms with Crippen LogP contribution in [0.2, 0.25) is 0 Å². The second-order valence-corrected chi connectivity index (χ2v) is 6.58. The highest BCUT2D eigenvalue weighted by Gasteiger charge is 2.71. The highest BCUT2D eigenvalue weighted by Crippen LogP contribution is 2.55. The van der Waals surface area contributed by atoms with Gasteiger partial charge in [-0.25, -0.2) is 4.90 Å². The fourth-order valence-electron chi connectivity index (χ4n) is 4.31. The van der Waals surface area contributed by atoms with Crippen molar-refractivity contribution in [2.24, 2.45) is 11.8 Å². The molecular formula is C18H17NO6. The number of carbonyl (C=O) groups is 2. The lowest BCUT2D eigenvalue weighted by molar-refractivity contribution is -0.180. The van der Waals surface area contributed by atoms with Crippen molar-refractivity contribution in [3.05, 3.63) is 36.4 Å². The predicted molar refractivity (Wildman–Crippen MR) is 84.9 cm³/mol. The number of rotatable bonds is 3. The summed E-state index contributed by atoms with van der Waals surface area (Å²) in [6.45, 7) is 0.909. The fourth-order valence-corrected chi connectivity index (χ4v) is 4.31. The molecule has 0 radical (unpaired) electrons. The molecule has 4 heterocycles. The van der Waals surface area contributed by atoms with E-state index in [-0.39, 0.29) is 11.8 Å². The molecule has 1 aromatic carbocycles. The first-order valence-corrected chi connectivity index (χ1v) is 8.28. The molecule has 0 spiro atoms. The number of hydrogen-bond acceptors (Lipinski definition) is 6. The van der Waals surface area contributed by atoms with Crippen LogP contribution in [0.4, 0.5) is 5.69 Å². The van der Waals surface area contributed by atoms with E-state index in [1.54, 1.807) is 31.4 Å². The Morgan fingerprint density at radius 1 is 1.12 bits per heavy atom. The van der Waals surface area contributed by atoms with E-state index >= 15 is 0 Å². The number of anilines is 1. The Hall–Kier alpha value is -2.22.